The lowest BCUT2D eigenvalue weighted by Crippen LogP contribution is -1.77. The molecule has 0 atom stereocenters. The highest BCUT2D eigenvalue weighted by Crippen LogP contribution is 2.01. The van der Waals surface area contributed by atoms with E-state index in [1.54, 1.807) is 12.4 Å². The summed E-state index contributed by atoms with van der Waals surface area (Å²) in [6.07, 6.45) is 3.50. The Bertz CT molecular complexity index is 486. The van der Waals surface area contributed by atoms with E-state index in [-0.39, 0.29) is 0 Å². The number of aromatic nitrogens is 1. The standard InChI is InChI=1S/C14H11N/c1-12-2-4-13(5-3-12)6-7-14-8-10-15-11-9-14/h2-5,8-11H,1H3. The van der Waals surface area contributed by atoms with Gasteiger partial charge in [-0.2, -0.15) is 0 Å². The van der Waals surface area contributed by atoms with Crippen molar-refractivity contribution in [3.63, 3.8) is 0 Å². The molecule has 2 aromatic rings. The lowest BCUT2D eigenvalue weighted by atomic mass is 10.1. The van der Waals surface area contributed by atoms with Crippen molar-refractivity contribution in [2.75, 3.05) is 0 Å². The lowest BCUT2D eigenvalue weighted by molar-refractivity contribution is 1.32. The minimum Gasteiger partial charge on any atom is -0.265 e. The second-order valence-corrected chi connectivity index (χ2v) is 3.35. The van der Waals surface area contributed by atoms with Crippen molar-refractivity contribution in [1.82, 2.24) is 4.98 Å². The molecule has 1 aromatic carbocycles. The summed E-state index contributed by atoms with van der Waals surface area (Å²) < 4.78 is 0. The first kappa shape index (κ1) is 9.48. The van der Waals surface area contributed by atoms with E-state index in [0.29, 0.717) is 0 Å². The summed E-state index contributed by atoms with van der Waals surface area (Å²) in [4.78, 5) is 3.94. The Balaban J connectivity index is 2.22. The average molecular weight is 193 g/mol. The highest BCUT2D eigenvalue weighted by atomic mass is 14.6. The van der Waals surface area contributed by atoms with Gasteiger partial charge in [-0.05, 0) is 31.2 Å². The van der Waals surface area contributed by atoms with Gasteiger partial charge in [0.25, 0.3) is 0 Å². The third kappa shape index (κ3) is 2.69. The third-order valence-electron chi connectivity index (χ3n) is 2.08. The number of aryl methyl sites for hydroxylation is 1. The summed E-state index contributed by atoms with van der Waals surface area (Å²) in [5.74, 6) is 6.20. The number of nitrogens with zero attached hydrogens (tertiary/aromatic N) is 1. The van der Waals surface area contributed by atoms with E-state index < -0.39 is 0 Å². The van der Waals surface area contributed by atoms with Crippen LogP contribution in [0.4, 0.5) is 0 Å². The zero-order chi connectivity index (χ0) is 10.5. The Kier molecular flexibility index (Phi) is 2.80. The number of pyridine rings is 1. The topological polar surface area (TPSA) is 12.9 Å². The third-order valence-corrected chi connectivity index (χ3v) is 2.08. The molecule has 0 saturated carbocycles. The van der Waals surface area contributed by atoms with E-state index in [1.807, 2.05) is 24.3 Å². The van der Waals surface area contributed by atoms with Crippen LogP contribution in [0, 0.1) is 18.8 Å². The molecule has 72 valence electrons. The van der Waals surface area contributed by atoms with E-state index in [0.717, 1.165) is 11.1 Å². The highest BCUT2D eigenvalue weighted by Gasteiger charge is 1.86. The summed E-state index contributed by atoms with van der Waals surface area (Å²) in [5.41, 5.74) is 3.28. The zero-order valence-corrected chi connectivity index (χ0v) is 8.57. The molecule has 1 aromatic heterocycles. The molecule has 0 aliphatic heterocycles. The van der Waals surface area contributed by atoms with Crippen LogP contribution in [-0.4, -0.2) is 4.98 Å². The fraction of sp³-hybridized carbons (Fsp3) is 0.0714. The minimum absolute atomic E-state index is 0.991. The largest absolute Gasteiger partial charge is 0.265 e. The van der Waals surface area contributed by atoms with Gasteiger partial charge in [0.1, 0.15) is 0 Å². The summed E-state index contributed by atoms with van der Waals surface area (Å²) >= 11 is 0. The highest BCUT2D eigenvalue weighted by molar-refractivity contribution is 5.42. The van der Waals surface area contributed by atoms with Gasteiger partial charge in [-0.1, -0.05) is 29.5 Å². The van der Waals surface area contributed by atoms with Crippen molar-refractivity contribution in [2.45, 2.75) is 6.92 Å². The fourth-order valence-electron chi connectivity index (χ4n) is 1.22. The molecule has 0 aliphatic rings. The molecule has 0 fully saturated rings. The van der Waals surface area contributed by atoms with Crippen molar-refractivity contribution in [1.29, 1.82) is 0 Å². The summed E-state index contributed by atoms with van der Waals surface area (Å²) in [5, 5.41) is 0. The summed E-state index contributed by atoms with van der Waals surface area (Å²) in [6, 6.07) is 12.0. The van der Waals surface area contributed by atoms with Gasteiger partial charge in [0.15, 0.2) is 0 Å². The van der Waals surface area contributed by atoms with Crippen LogP contribution in [0.1, 0.15) is 16.7 Å². The molecule has 1 heterocycles. The molecule has 0 spiro atoms. The van der Waals surface area contributed by atoms with Crippen LogP contribution < -0.4 is 0 Å². The van der Waals surface area contributed by atoms with E-state index in [2.05, 4.69) is 35.9 Å². The molecule has 0 radical (unpaired) electrons. The molecule has 0 unspecified atom stereocenters. The Hall–Kier alpha value is -2.07. The quantitative estimate of drug-likeness (QED) is 0.586. The number of hydrogen-bond donors (Lipinski definition) is 0. The maximum atomic E-state index is 3.94. The van der Waals surface area contributed by atoms with Crippen LogP contribution in [0.2, 0.25) is 0 Å². The number of rotatable bonds is 0. The van der Waals surface area contributed by atoms with Crippen molar-refractivity contribution in [3.8, 4) is 11.8 Å². The second-order valence-electron chi connectivity index (χ2n) is 3.35. The Morgan fingerprint density at radius 1 is 0.800 bits per heavy atom. The SMILES string of the molecule is Cc1ccc(C#Cc2ccncc2)cc1. The molecule has 0 aliphatic carbocycles. The van der Waals surface area contributed by atoms with Gasteiger partial charge >= 0.3 is 0 Å². The Labute approximate surface area is 89.8 Å². The first-order valence-corrected chi connectivity index (χ1v) is 4.83. The first-order chi connectivity index (χ1) is 7.34. The van der Waals surface area contributed by atoms with Crippen LogP contribution in [0.15, 0.2) is 48.8 Å². The number of benzene rings is 1. The second kappa shape index (κ2) is 4.43. The first-order valence-electron chi connectivity index (χ1n) is 4.83. The molecule has 1 heteroatoms. The lowest BCUT2D eigenvalue weighted by Gasteiger charge is -1.91. The zero-order valence-electron chi connectivity index (χ0n) is 8.57. The molecule has 0 N–H and O–H groups in total. The summed E-state index contributed by atoms with van der Waals surface area (Å²) in [7, 11) is 0. The smallest absolute Gasteiger partial charge is 0.0280 e. The predicted octanol–water partition coefficient (Wildman–Crippen LogP) is 2.79. The van der Waals surface area contributed by atoms with Crippen molar-refractivity contribution in [2.24, 2.45) is 0 Å². The van der Waals surface area contributed by atoms with Gasteiger partial charge in [-0.25, -0.2) is 0 Å². The van der Waals surface area contributed by atoms with Crippen molar-refractivity contribution < 1.29 is 0 Å². The monoisotopic (exact) mass is 193 g/mol. The predicted molar refractivity (Wildman–Crippen MR) is 61.4 cm³/mol. The molecule has 0 bridgehead atoms. The van der Waals surface area contributed by atoms with Crippen LogP contribution in [0.5, 0.6) is 0 Å². The minimum atomic E-state index is 0.991. The molecular formula is C14H11N. The van der Waals surface area contributed by atoms with Crippen molar-refractivity contribution in [3.05, 3.63) is 65.5 Å². The maximum Gasteiger partial charge on any atom is 0.0280 e. The fourth-order valence-corrected chi connectivity index (χ4v) is 1.22. The van der Waals surface area contributed by atoms with Gasteiger partial charge in [0.2, 0.25) is 0 Å². The molecular weight excluding hydrogens is 182 g/mol. The van der Waals surface area contributed by atoms with Gasteiger partial charge in [0, 0.05) is 23.5 Å². The van der Waals surface area contributed by atoms with E-state index in [4.69, 9.17) is 0 Å². The van der Waals surface area contributed by atoms with Gasteiger partial charge < -0.3 is 0 Å². The van der Waals surface area contributed by atoms with Gasteiger partial charge in [-0.15, -0.1) is 0 Å². The maximum absolute atomic E-state index is 3.94. The van der Waals surface area contributed by atoms with E-state index in [9.17, 15) is 0 Å². The normalized spacial score (nSPS) is 9.13. The molecule has 15 heavy (non-hydrogen) atoms. The summed E-state index contributed by atoms with van der Waals surface area (Å²) in [6.45, 7) is 2.07. The average Bonchev–Trinajstić information content (AvgIpc) is 2.30. The molecule has 0 saturated heterocycles. The van der Waals surface area contributed by atoms with Crippen molar-refractivity contribution >= 4 is 0 Å². The van der Waals surface area contributed by atoms with E-state index >= 15 is 0 Å². The van der Waals surface area contributed by atoms with Gasteiger partial charge in [-0.3, -0.25) is 4.98 Å². The number of hydrogen-bond acceptors (Lipinski definition) is 1. The van der Waals surface area contributed by atoms with Crippen LogP contribution in [0.3, 0.4) is 0 Å². The van der Waals surface area contributed by atoms with Crippen LogP contribution in [0.25, 0.3) is 0 Å². The van der Waals surface area contributed by atoms with Gasteiger partial charge in [0.05, 0.1) is 0 Å². The van der Waals surface area contributed by atoms with Crippen LogP contribution >= 0.6 is 0 Å². The molecule has 0 amide bonds. The molecule has 1 nitrogen and oxygen atoms in total. The van der Waals surface area contributed by atoms with E-state index in [1.165, 1.54) is 5.56 Å². The molecule has 2 rings (SSSR count). The Morgan fingerprint density at radius 3 is 1.93 bits per heavy atom. The van der Waals surface area contributed by atoms with Crippen LogP contribution in [-0.2, 0) is 0 Å². The Morgan fingerprint density at radius 2 is 1.33 bits per heavy atom.